The Hall–Kier alpha value is -2.07. The number of carbonyl (C=O) groups is 1. The minimum atomic E-state index is -0.369. The number of hydrogen-bond donors (Lipinski definition) is 1. The van der Waals surface area contributed by atoms with Gasteiger partial charge in [0, 0.05) is 5.02 Å². The number of carbonyl (C=O) groups excluding carboxylic acids is 1. The zero-order valence-electron chi connectivity index (χ0n) is 11.3. The van der Waals surface area contributed by atoms with Crippen LogP contribution in [-0.2, 0) is 0 Å². The second-order valence-corrected chi connectivity index (χ2v) is 4.71. The van der Waals surface area contributed by atoms with E-state index in [1.54, 1.807) is 25.1 Å². The van der Waals surface area contributed by atoms with Gasteiger partial charge in [0.1, 0.15) is 5.76 Å². The monoisotopic (exact) mass is 290 g/mol. The summed E-state index contributed by atoms with van der Waals surface area (Å²) < 4.78 is 5.23. The lowest BCUT2D eigenvalue weighted by molar-refractivity contribution is 0.0926. The first kappa shape index (κ1) is 14.3. The van der Waals surface area contributed by atoms with Gasteiger partial charge in [-0.2, -0.15) is 5.10 Å². The third kappa shape index (κ3) is 3.48. The second-order valence-electron chi connectivity index (χ2n) is 4.27. The Balaban J connectivity index is 2.14. The molecule has 2 aromatic rings. The summed E-state index contributed by atoms with van der Waals surface area (Å²) in [4.78, 5) is 11.8. The number of halogens is 1. The van der Waals surface area contributed by atoms with Crippen LogP contribution in [-0.4, -0.2) is 11.6 Å². The number of rotatable bonds is 4. The highest BCUT2D eigenvalue weighted by molar-refractivity contribution is 6.31. The molecule has 5 heteroatoms. The van der Waals surface area contributed by atoms with E-state index in [9.17, 15) is 4.79 Å². The van der Waals surface area contributed by atoms with E-state index in [0.29, 0.717) is 17.2 Å². The number of hydrazone groups is 1. The van der Waals surface area contributed by atoms with Crippen LogP contribution >= 0.6 is 11.6 Å². The van der Waals surface area contributed by atoms with Crippen LogP contribution in [0.1, 0.15) is 35.2 Å². The van der Waals surface area contributed by atoms with Gasteiger partial charge in [-0.3, -0.25) is 4.79 Å². The molecule has 1 aromatic carbocycles. The smallest absolute Gasteiger partial charge is 0.307 e. The number of aryl methyl sites for hydroxylation is 1. The molecule has 0 unspecified atom stereocenters. The zero-order valence-corrected chi connectivity index (χ0v) is 12.1. The van der Waals surface area contributed by atoms with Crippen molar-refractivity contribution in [3.05, 3.63) is 58.5 Å². The molecule has 0 aliphatic carbocycles. The van der Waals surface area contributed by atoms with Crippen LogP contribution < -0.4 is 5.43 Å². The minimum Gasteiger partial charge on any atom is -0.456 e. The largest absolute Gasteiger partial charge is 0.456 e. The van der Waals surface area contributed by atoms with E-state index >= 15 is 0 Å². The van der Waals surface area contributed by atoms with E-state index in [4.69, 9.17) is 16.0 Å². The molecule has 1 N–H and O–H groups in total. The van der Waals surface area contributed by atoms with Crippen LogP contribution in [0.4, 0.5) is 0 Å². The van der Waals surface area contributed by atoms with Crippen molar-refractivity contribution in [1.82, 2.24) is 5.43 Å². The molecule has 1 aromatic heterocycles. The molecule has 0 saturated carbocycles. The molecule has 0 atom stereocenters. The lowest BCUT2D eigenvalue weighted by Crippen LogP contribution is -2.19. The summed E-state index contributed by atoms with van der Waals surface area (Å²) in [5.41, 5.74) is 4.13. The van der Waals surface area contributed by atoms with Gasteiger partial charge in [-0.1, -0.05) is 30.7 Å². The highest BCUT2D eigenvalue weighted by Crippen LogP contribution is 2.13. The predicted octanol–water partition coefficient (Wildman–Crippen LogP) is 3.79. The Bertz CT molecular complexity index is 647. The predicted molar refractivity (Wildman–Crippen MR) is 79.2 cm³/mol. The minimum absolute atomic E-state index is 0.243. The quantitative estimate of drug-likeness (QED) is 0.688. The van der Waals surface area contributed by atoms with E-state index in [0.717, 1.165) is 11.3 Å². The van der Waals surface area contributed by atoms with Gasteiger partial charge in [-0.15, -0.1) is 0 Å². The molecule has 20 heavy (non-hydrogen) atoms. The first-order chi connectivity index (χ1) is 9.60. The lowest BCUT2D eigenvalue weighted by atomic mass is 10.1. The maximum absolute atomic E-state index is 11.8. The number of nitrogens with one attached hydrogen (secondary N) is 1. The standard InChI is InChI=1S/C15H15ClN2O2/c1-3-13(11-5-4-6-12(16)9-11)17-18-15(19)14-8-7-10(2)20-14/h4-9H,3H2,1-2H3,(H,18,19). The molecule has 0 aliphatic rings. The van der Waals surface area contributed by atoms with E-state index in [-0.39, 0.29) is 11.7 Å². The van der Waals surface area contributed by atoms with Gasteiger partial charge < -0.3 is 4.42 Å². The molecule has 0 spiro atoms. The molecule has 0 saturated heterocycles. The summed E-state index contributed by atoms with van der Waals surface area (Å²) in [6.07, 6.45) is 0.678. The lowest BCUT2D eigenvalue weighted by Gasteiger charge is -2.05. The van der Waals surface area contributed by atoms with Crippen LogP contribution in [0.2, 0.25) is 5.02 Å². The topological polar surface area (TPSA) is 54.6 Å². The summed E-state index contributed by atoms with van der Waals surface area (Å²) in [5.74, 6) is 0.559. The van der Waals surface area contributed by atoms with E-state index in [1.807, 2.05) is 25.1 Å². The van der Waals surface area contributed by atoms with Gasteiger partial charge in [0.2, 0.25) is 0 Å². The van der Waals surface area contributed by atoms with Gasteiger partial charge >= 0.3 is 5.91 Å². The van der Waals surface area contributed by atoms with Crippen molar-refractivity contribution in [2.24, 2.45) is 5.10 Å². The van der Waals surface area contributed by atoms with Crippen LogP contribution in [0.5, 0.6) is 0 Å². The molecule has 4 nitrogen and oxygen atoms in total. The third-order valence-corrected chi connectivity index (χ3v) is 2.98. The van der Waals surface area contributed by atoms with Crippen LogP contribution in [0, 0.1) is 6.92 Å². The highest BCUT2D eigenvalue weighted by Gasteiger charge is 2.09. The fraction of sp³-hybridized carbons (Fsp3) is 0.200. The summed E-state index contributed by atoms with van der Waals surface area (Å²) in [6, 6.07) is 10.7. The van der Waals surface area contributed by atoms with Crippen molar-refractivity contribution in [3.63, 3.8) is 0 Å². The van der Waals surface area contributed by atoms with E-state index in [1.165, 1.54) is 0 Å². The molecule has 0 fully saturated rings. The fourth-order valence-corrected chi connectivity index (χ4v) is 1.94. The van der Waals surface area contributed by atoms with Crippen LogP contribution in [0.3, 0.4) is 0 Å². The first-order valence-corrected chi connectivity index (χ1v) is 6.67. The maximum Gasteiger partial charge on any atom is 0.307 e. The van der Waals surface area contributed by atoms with Gasteiger partial charge in [-0.05, 0) is 43.2 Å². The Morgan fingerprint density at radius 2 is 2.15 bits per heavy atom. The zero-order chi connectivity index (χ0) is 14.5. The fourth-order valence-electron chi connectivity index (χ4n) is 1.75. The van der Waals surface area contributed by atoms with Gasteiger partial charge in [0.25, 0.3) is 0 Å². The average molecular weight is 291 g/mol. The highest BCUT2D eigenvalue weighted by atomic mass is 35.5. The number of furan rings is 1. The maximum atomic E-state index is 11.8. The number of amides is 1. The van der Waals surface area contributed by atoms with Crippen molar-refractivity contribution >= 4 is 23.2 Å². The van der Waals surface area contributed by atoms with Gasteiger partial charge in [0.05, 0.1) is 5.71 Å². The van der Waals surface area contributed by atoms with Gasteiger partial charge in [0.15, 0.2) is 5.76 Å². The van der Waals surface area contributed by atoms with Crippen molar-refractivity contribution in [2.75, 3.05) is 0 Å². The molecule has 2 rings (SSSR count). The number of hydrogen-bond acceptors (Lipinski definition) is 3. The van der Waals surface area contributed by atoms with Crippen molar-refractivity contribution in [1.29, 1.82) is 0 Å². The Morgan fingerprint density at radius 1 is 1.35 bits per heavy atom. The molecular weight excluding hydrogens is 276 g/mol. The molecule has 0 radical (unpaired) electrons. The van der Waals surface area contributed by atoms with Gasteiger partial charge in [-0.25, -0.2) is 5.43 Å². The summed E-state index contributed by atoms with van der Waals surface area (Å²) in [7, 11) is 0. The Kier molecular flexibility index (Phi) is 4.58. The molecule has 1 amide bonds. The molecular formula is C15H15ClN2O2. The van der Waals surface area contributed by atoms with E-state index < -0.39 is 0 Å². The third-order valence-electron chi connectivity index (χ3n) is 2.75. The summed E-state index contributed by atoms with van der Waals surface area (Å²) in [6.45, 7) is 3.74. The normalized spacial score (nSPS) is 11.4. The van der Waals surface area contributed by atoms with Crippen LogP contribution in [0.15, 0.2) is 45.9 Å². The second kappa shape index (κ2) is 6.39. The molecule has 0 bridgehead atoms. The first-order valence-electron chi connectivity index (χ1n) is 6.29. The molecule has 0 aliphatic heterocycles. The van der Waals surface area contributed by atoms with Crippen molar-refractivity contribution in [3.8, 4) is 0 Å². The molecule has 1 heterocycles. The SMILES string of the molecule is CCC(=NNC(=O)c1ccc(C)o1)c1cccc(Cl)c1. The van der Waals surface area contributed by atoms with Crippen molar-refractivity contribution < 1.29 is 9.21 Å². The number of benzene rings is 1. The molecule has 104 valence electrons. The Morgan fingerprint density at radius 3 is 2.75 bits per heavy atom. The van der Waals surface area contributed by atoms with Crippen molar-refractivity contribution in [2.45, 2.75) is 20.3 Å². The Labute approximate surface area is 122 Å². The number of nitrogens with zero attached hydrogens (tertiary/aromatic N) is 1. The average Bonchev–Trinajstić information content (AvgIpc) is 2.86. The summed E-state index contributed by atoms with van der Waals surface area (Å²) >= 11 is 5.95. The summed E-state index contributed by atoms with van der Waals surface area (Å²) in [5, 5.41) is 4.77. The van der Waals surface area contributed by atoms with E-state index in [2.05, 4.69) is 10.5 Å². The van der Waals surface area contributed by atoms with Crippen LogP contribution in [0.25, 0.3) is 0 Å².